The standard InChI is InChI=1S/C18H14F2N4OS/c1-2-9-24-17(12-5-7-21-8-6-12)22-23-18(24)26-11-16(25)14-10-13(19)3-4-15(14)20/h2-8,10H,1,9,11H2. The van der Waals surface area contributed by atoms with Crippen LogP contribution in [0.2, 0.25) is 0 Å². The Bertz CT molecular complexity index is 944. The van der Waals surface area contributed by atoms with E-state index in [1.165, 1.54) is 0 Å². The van der Waals surface area contributed by atoms with Crippen LogP contribution in [0.1, 0.15) is 10.4 Å². The molecule has 0 saturated carbocycles. The lowest BCUT2D eigenvalue weighted by atomic mass is 10.1. The van der Waals surface area contributed by atoms with Gasteiger partial charge < -0.3 is 0 Å². The molecular weight excluding hydrogens is 358 g/mol. The Kier molecular flexibility index (Phi) is 5.52. The van der Waals surface area contributed by atoms with Crippen molar-refractivity contribution in [3.05, 3.63) is 72.6 Å². The number of pyridine rings is 1. The van der Waals surface area contributed by atoms with Crippen LogP contribution in [-0.4, -0.2) is 31.3 Å². The quantitative estimate of drug-likeness (QED) is 0.359. The second-order valence-electron chi connectivity index (χ2n) is 5.28. The molecule has 0 fully saturated rings. The number of nitrogens with zero attached hydrogens (tertiary/aromatic N) is 4. The molecule has 0 amide bonds. The predicted octanol–water partition coefficient (Wildman–Crippen LogP) is 3.78. The van der Waals surface area contributed by atoms with Gasteiger partial charge in [-0.1, -0.05) is 17.8 Å². The molecule has 132 valence electrons. The molecule has 0 unspecified atom stereocenters. The molecule has 8 heteroatoms. The first-order chi connectivity index (χ1) is 12.6. The zero-order valence-electron chi connectivity index (χ0n) is 13.6. The van der Waals surface area contributed by atoms with Crippen molar-refractivity contribution in [1.82, 2.24) is 19.7 Å². The van der Waals surface area contributed by atoms with Crippen molar-refractivity contribution < 1.29 is 13.6 Å². The van der Waals surface area contributed by atoms with E-state index in [9.17, 15) is 13.6 Å². The monoisotopic (exact) mass is 372 g/mol. The third-order valence-corrected chi connectivity index (χ3v) is 4.49. The summed E-state index contributed by atoms with van der Waals surface area (Å²) in [6, 6.07) is 6.40. The lowest BCUT2D eigenvalue weighted by Crippen LogP contribution is -2.08. The number of aromatic nitrogens is 4. The van der Waals surface area contributed by atoms with Crippen LogP contribution in [0.5, 0.6) is 0 Å². The van der Waals surface area contributed by atoms with Gasteiger partial charge in [0, 0.05) is 24.5 Å². The van der Waals surface area contributed by atoms with Crippen molar-refractivity contribution in [3.63, 3.8) is 0 Å². The second kappa shape index (κ2) is 8.01. The largest absolute Gasteiger partial charge is 0.298 e. The first-order valence-electron chi connectivity index (χ1n) is 7.65. The number of hydrogen-bond donors (Lipinski definition) is 0. The minimum atomic E-state index is -0.748. The molecule has 0 bridgehead atoms. The third-order valence-electron chi connectivity index (χ3n) is 3.53. The van der Waals surface area contributed by atoms with Crippen molar-refractivity contribution in [2.75, 3.05) is 5.75 Å². The van der Waals surface area contributed by atoms with Gasteiger partial charge in [-0.3, -0.25) is 14.3 Å². The highest BCUT2D eigenvalue weighted by molar-refractivity contribution is 7.99. The fraction of sp³-hybridized carbons (Fsp3) is 0.111. The number of allylic oxidation sites excluding steroid dienone is 1. The maximum absolute atomic E-state index is 13.7. The Hall–Kier alpha value is -2.87. The summed E-state index contributed by atoms with van der Waals surface area (Å²) < 4.78 is 28.8. The molecule has 1 aromatic carbocycles. The maximum atomic E-state index is 13.7. The van der Waals surface area contributed by atoms with Crippen LogP contribution in [0, 0.1) is 11.6 Å². The van der Waals surface area contributed by atoms with Gasteiger partial charge in [-0.15, -0.1) is 16.8 Å². The number of thioether (sulfide) groups is 1. The SMILES string of the molecule is C=CCn1c(SCC(=O)c2cc(F)ccc2F)nnc1-c1ccncc1. The number of halogens is 2. The van der Waals surface area contributed by atoms with Crippen LogP contribution in [0.4, 0.5) is 8.78 Å². The fourth-order valence-electron chi connectivity index (χ4n) is 2.32. The summed E-state index contributed by atoms with van der Waals surface area (Å²) >= 11 is 1.11. The van der Waals surface area contributed by atoms with E-state index in [-0.39, 0.29) is 11.3 Å². The summed E-state index contributed by atoms with van der Waals surface area (Å²) in [5.74, 6) is -1.41. The lowest BCUT2D eigenvalue weighted by Gasteiger charge is -2.07. The van der Waals surface area contributed by atoms with Crippen LogP contribution in [0.3, 0.4) is 0 Å². The summed E-state index contributed by atoms with van der Waals surface area (Å²) in [6.45, 7) is 4.16. The molecule has 2 aromatic heterocycles. The summed E-state index contributed by atoms with van der Waals surface area (Å²) in [4.78, 5) is 16.2. The molecule has 0 aliphatic heterocycles. The molecule has 0 N–H and O–H groups in total. The number of carbonyl (C=O) groups is 1. The number of benzene rings is 1. The summed E-state index contributed by atoms with van der Waals surface area (Å²) in [5, 5.41) is 8.75. The van der Waals surface area contributed by atoms with E-state index in [0.717, 1.165) is 35.5 Å². The number of rotatable bonds is 7. The van der Waals surface area contributed by atoms with Crippen molar-refractivity contribution in [1.29, 1.82) is 0 Å². The summed E-state index contributed by atoms with van der Waals surface area (Å²) in [7, 11) is 0. The molecule has 26 heavy (non-hydrogen) atoms. The first kappa shape index (κ1) is 17.9. The first-order valence-corrected chi connectivity index (χ1v) is 8.64. The smallest absolute Gasteiger partial charge is 0.192 e. The van der Waals surface area contributed by atoms with Crippen LogP contribution in [-0.2, 0) is 6.54 Å². The average Bonchev–Trinajstić information content (AvgIpc) is 3.05. The highest BCUT2D eigenvalue weighted by Crippen LogP contribution is 2.24. The van der Waals surface area contributed by atoms with Crippen molar-refractivity contribution in [3.8, 4) is 11.4 Å². The minimum absolute atomic E-state index is 0.0913. The number of carbonyl (C=O) groups excluding carboxylic acids is 1. The van der Waals surface area contributed by atoms with E-state index >= 15 is 0 Å². The lowest BCUT2D eigenvalue weighted by molar-refractivity contribution is 0.101. The van der Waals surface area contributed by atoms with E-state index < -0.39 is 17.4 Å². The Labute approximate surface area is 152 Å². The van der Waals surface area contributed by atoms with E-state index in [1.54, 1.807) is 35.2 Å². The molecule has 2 heterocycles. The molecule has 0 atom stereocenters. The Morgan fingerprint density at radius 1 is 1.19 bits per heavy atom. The third kappa shape index (κ3) is 3.85. The molecule has 0 radical (unpaired) electrons. The zero-order valence-corrected chi connectivity index (χ0v) is 14.4. The maximum Gasteiger partial charge on any atom is 0.192 e. The number of Topliss-reactive ketones (excluding diaryl/α,β-unsaturated/α-hetero) is 1. The number of hydrogen-bond acceptors (Lipinski definition) is 5. The van der Waals surface area contributed by atoms with Crippen LogP contribution < -0.4 is 0 Å². The van der Waals surface area contributed by atoms with E-state index in [1.807, 2.05) is 0 Å². The summed E-state index contributed by atoms with van der Waals surface area (Å²) in [6.07, 6.45) is 4.98. The van der Waals surface area contributed by atoms with Crippen molar-refractivity contribution in [2.24, 2.45) is 0 Å². The van der Waals surface area contributed by atoms with E-state index in [0.29, 0.717) is 17.5 Å². The van der Waals surface area contributed by atoms with Gasteiger partial charge in [0.1, 0.15) is 11.6 Å². The molecule has 0 saturated heterocycles. The highest BCUT2D eigenvalue weighted by Gasteiger charge is 2.17. The molecule has 3 aromatic rings. The van der Waals surface area contributed by atoms with Gasteiger partial charge in [-0.05, 0) is 30.3 Å². The van der Waals surface area contributed by atoms with E-state index in [4.69, 9.17) is 0 Å². The molecule has 0 aliphatic rings. The number of ketones is 1. The molecular formula is C18H14F2N4OS. The van der Waals surface area contributed by atoms with Gasteiger partial charge in [0.25, 0.3) is 0 Å². The zero-order chi connectivity index (χ0) is 18.5. The van der Waals surface area contributed by atoms with Gasteiger partial charge in [0.15, 0.2) is 16.8 Å². The highest BCUT2D eigenvalue weighted by atomic mass is 32.2. The molecule has 0 aliphatic carbocycles. The van der Waals surface area contributed by atoms with Gasteiger partial charge in [-0.25, -0.2) is 8.78 Å². The van der Waals surface area contributed by atoms with Gasteiger partial charge in [-0.2, -0.15) is 0 Å². The van der Waals surface area contributed by atoms with E-state index in [2.05, 4.69) is 21.8 Å². The summed E-state index contributed by atoms with van der Waals surface area (Å²) in [5.41, 5.74) is 0.547. The Balaban J connectivity index is 1.82. The Morgan fingerprint density at radius 3 is 2.69 bits per heavy atom. The van der Waals surface area contributed by atoms with Gasteiger partial charge >= 0.3 is 0 Å². The molecule has 5 nitrogen and oxygen atoms in total. The topological polar surface area (TPSA) is 60.7 Å². The van der Waals surface area contributed by atoms with Crippen LogP contribution >= 0.6 is 11.8 Å². The minimum Gasteiger partial charge on any atom is -0.298 e. The second-order valence-corrected chi connectivity index (χ2v) is 6.22. The van der Waals surface area contributed by atoms with Gasteiger partial charge in [0.2, 0.25) is 0 Å². The molecule has 3 rings (SSSR count). The normalized spacial score (nSPS) is 10.7. The predicted molar refractivity (Wildman–Crippen MR) is 94.9 cm³/mol. The van der Waals surface area contributed by atoms with Crippen LogP contribution in [0.15, 0.2) is 60.5 Å². The Morgan fingerprint density at radius 2 is 1.96 bits per heavy atom. The fourth-order valence-corrected chi connectivity index (χ4v) is 3.15. The van der Waals surface area contributed by atoms with Gasteiger partial charge in [0.05, 0.1) is 11.3 Å². The van der Waals surface area contributed by atoms with Crippen molar-refractivity contribution >= 4 is 17.5 Å². The molecule has 0 spiro atoms. The average molecular weight is 372 g/mol. The van der Waals surface area contributed by atoms with Crippen molar-refractivity contribution in [2.45, 2.75) is 11.7 Å². The van der Waals surface area contributed by atoms with Crippen LogP contribution in [0.25, 0.3) is 11.4 Å².